The smallest absolute Gasteiger partial charge is 0.256 e. The molecule has 2 nitrogen and oxygen atoms in total. The van der Waals surface area contributed by atoms with E-state index in [4.69, 9.17) is 11.6 Å². The number of pyridine rings is 1. The lowest BCUT2D eigenvalue weighted by Crippen LogP contribution is -2.11. The van der Waals surface area contributed by atoms with E-state index in [1.54, 1.807) is 0 Å². The van der Waals surface area contributed by atoms with Gasteiger partial charge in [0.15, 0.2) is 0 Å². The molecular weight excluding hydrogens is 342 g/mol. The Labute approximate surface area is 156 Å². The summed E-state index contributed by atoms with van der Waals surface area (Å²) in [6.07, 6.45) is 0. The Hall–Kier alpha value is -3.10. The highest BCUT2D eigenvalue weighted by atomic mass is 35.5. The van der Waals surface area contributed by atoms with Crippen LogP contribution in [0.3, 0.4) is 0 Å². The molecule has 0 aliphatic rings. The van der Waals surface area contributed by atoms with E-state index in [9.17, 15) is 4.79 Å². The van der Waals surface area contributed by atoms with Crippen LogP contribution < -0.4 is 5.56 Å². The van der Waals surface area contributed by atoms with Gasteiger partial charge in [-0.2, -0.15) is 0 Å². The zero-order valence-corrected chi connectivity index (χ0v) is 14.7. The van der Waals surface area contributed by atoms with Gasteiger partial charge in [-0.25, -0.2) is 0 Å². The van der Waals surface area contributed by atoms with E-state index in [0.717, 1.165) is 27.9 Å². The number of hydrogen-bond donors (Lipinski definition) is 1. The first-order chi connectivity index (χ1) is 12.7. The first-order valence-corrected chi connectivity index (χ1v) is 8.74. The lowest BCUT2D eigenvalue weighted by molar-refractivity contribution is 1.24. The van der Waals surface area contributed by atoms with E-state index in [-0.39, 0.29) is 5.56 Å². The predicted octanol–water partition coefficient (Wildman–Crippen LogP) is 6.03. The van der Waals surface area contributed by atoms with Gasteiger partial charge in [-0.3, -0.25) is 4.79 Å². The molecule has 0 aliphatic carbocycles. The molecule has 0 amide bonds. The predicted molar refractivity (Wildman–Crippen MR) is 108 cm³/mol. The van der Waals surface area contributed by atoms with Crippen LogP contribution in [-0.4, -0.2) is 4.98 Å². The van der Waals surface area contributed by atoms with Crippen molar-refractivity contribution in [2.24, 2.45) is 0 Å². The molecule has 0 saturated carbocycles. The van der Waals surface area contributed by atoms with E-state index in [1.165, 1.54) is 0 Å². The summed E-state index contributed by atoms with van der Waals surface area (Å²) in [6.45, 7) is 0. The molecule has 0 saturated heterocycles. The van der Waals surface area contributed by atoms with Crippen LogP contribution in [0.25, 0.3) is 33.5 Å². The van der Waals surface area contributed by atoms with Crippen LogP contribution in [0.5, 0.6) is 0 Å². The summed E-state index contributed by atoms with van der Waals surface area (Å²) in [5.41, 5.74) is 5.07. The van der Waals surface area contributed by atoms with Crippen molar-refractivity contribution in [3.8, 4) is 33.5 Å². The quantitative estimate of drug-likeness (QED) is 0.477. The SMILES string of the molecule is O=c1[nH]c(-c2ccc(Cl)cc2)cc(-c2ccccc2)c1-c1ccccc1. The van der Waals surface area contributed by atoms with Crippen molar-refractivity contribution in [3.05, 3.63) is 106 Å². The Morgan fingerprint density at radius 1 is 0.654 bits per heavy atom. The zero-order chi connectivity index (χ0) is 17.9. The van der Waals surface area contributed by atoms with Crippen molar-refractivity contribution in [2.45, 2.75) is 0 Å². The third-order valence-electron chi connectivity index (χ3n) is 4.34. The molecule has 0 aliphatic heterocycles. The molecule has 26 heavy (non-hydrogen) atoms. The third kappa shape index (κ3) is 3.19. The van der Waals surface area contributed by atoms with Gasteiger partial charge in [0.05, 0.1) is 5.56 Å². The van der Waals surface area contributed by atoms with Gasteiger partial charge in [0.25, 0.3) is 5.56 Å². The van der Waals surface area contributed by atoms with Gasteiger partial charge in [-0.05, 0) is 40.5 Å². The molecule has 0 unspecified atom stereocenters. The van der Waals surface area contributed by atoms with Crippen LogP contribution in [0.4, 0.5) is 0 Å². The van der Waals surface area contributed by atoms with E-state index in [1.807, 2.05) is 91.0 Å². The molecule has 3 aromatic carbocycles. The van der Waals surface area contributed by atoms with Gasteiger partial charge in [-0.15, -0.1) is 0 Å². The first kappa shape index (κ1) is 16.4. The second-order valence-corrected chi connectivity index (χ2v) is 6.48. The summed E-state index contributed by atoms with van der Waals surface area (Å²) in [5, 5.41) is 0.667. The molecule has 0 bridgehead atoms. The van der Waals surface area contributed by atoms with Crippen LogP contribution in [0, 0.1) is 0 Å². The zero-order valence-electron chi connectivity index (χ0n) is 13.9. The number of aromatic nitrogens is 1. The van der Waals surface area contributed by atoms with Crippen LogP contribution in [0.2, 0.25) is 5.02 Å². The van der Waals surface area contributed by atoms with Crippen molar-refractivity contribution in [3.63, 3.8) is 0 Å². The molecule has 126 valence electrons. The van der Waals surface area contributed by atoms with Gasteiger partial charge < -0.3 is 4.98 Å². The minimum Gasteiger partial charge on any atom is -0.321 e. The maximum Gasteiger partial charge on any atom is 0.256 e. The van der Waals surface area contributed by atoms with Crippen molar-refractivity contribution >= 4 is 11.6 Å². The Balaban J connectivity index is 1.98. The normalized spacial score (nSPS) is 10.7. The first-order valence-electron chi connectivity index (χ1n) is 8.36. The minimum absolute atomic E-state index is 0.109. The van der Waals surface area contributed by atoms with Crippen LogP contribution in [-0.2, 0) is 0 Å². The molecule has 0 spiro atoms. The summed E-state index contributed by atoms with van der Waals surface area (Å²) < 4.78 is 0. The summed E-state index contributed by atoms with van der Waals surface area (Å²) in [5.74, 6) is 0. The van der Waals surface area contributed by atoms with E-state index >= 15 is 0 Å². The minimum atomic E-state index is -0.109. The highest BCUT2D eigenvalue weighted by Crippen LogP contribution is 2.32. The number of benzene rings is 3. The Kier molecular flexibility index (Phi) is 4.42. The Morgan fingerprint density at radius 3 is 1.85 bits per heavy atom. The van der Waals surface area contributed by atoms with Crippen LogP contribution in [0.1, 0.15) is 0 Å². The largest absolute Gasteiger partial charge is 0.321 e. The molecule has 0 radical (unpaired) electrons. The molecule has 1 aromatic heterocycles. The second kappa shape index (κ2) is 7.03. The van der Waals surface area contributed by atoms with Gasteiger partial charge in [0.2, 0.25) is 0 Å². The van der Waals surface area contributed by atoms with Crippen molar-refractivity contribution < 1.29 is 0 Å². The van der Waals surface area contributed by atoms with Gasteiger partial charge in [-0.1, -0.05) is 84.4 Å². The second-order valence-electron chi connectivity index (χ2n) is 6.04. The molecule has 3 heteroatoms. The lowest BCUT2D eigenvalue weighted by Gasteiger charge is -2.12. The standard InChI is InChI=1S/C23H16ClNO/c24-19-13-11-17(12-14-19)21-15-20(16-7-3-1-4-8-16)22(23(26)25-21)18-9-5-2-6-10-18/h1-15H,(H,25,26). The van der Waals surface area contributed by atoms with Gasteiger partial charge in [0.1, 0.15) is 0 Å². The Bertz CT molecular complexity index is 1080. The summed E-state index contributed by atoms with van der Waals surface area (Å²) in [7, 11) is 0. The molecule has 4 aromatic rings. The fraction of sp³-hybridized carbons (Fsp3) is 0. The summed E-state index contributed by atoms with van der Waals surface area (Å²) in [4.78, 5) is 16.0. The van der Waals surface area contributed by atoms with Crippen LogP contribution in [0.15, 0.2) is 95.8 Å². The fourth-order valence-corrected chi connectivity index (χ4v) is 3.21. The molecule has 1 heterocycles. The van der Waals surface area contributed by atoms with E-state index in [0.29, 0.717) is 10.6 Å². The molecule has 0 atom stereocenters. The maximum absolute atomic E-state index is 13.0. The Morgan fingerprint density at radius 2 is 1.23 bits per heavy atom. The molecule has 1 N–H and O–H groups in total. The molecular formula is C23H16ClNO. The highest BCUT2D eigenvalue weighted by molar-refractivity contribution is 6.30. The monoisotopic (exact) mass is 357 g/mol. The number of rotatable bonds is 3. The lowest BCUT2D eigenvalue weighted by atomic mass is 9.94. The van der Waals surface area contributed by atoms with Crippen LogP contribution >= 0.6 is 11.6 Å². The van der Waals surface area contributed by atoms with Crippen molar-refractivity contribution in [1.29, 1.82) is 0 Å². The molecule has 0 fully saturated rings. The third-order valence-corrected chi connectivity index (χ3v) is 4.59. The summed E-state index contributed by atoms with van der Waals surface area (Å²) in [6, 6.07) is 29.2. The van der Waals surface area contributed by atoms with Crippen molar-refractivity contribution in [2.75, 3.05) is 0 Å². The summed E-state index contributed by atoms with van der Waals surface area (Å²) >= 11 is 5.99. The van der Waals surface area contributed by atoms with E-state index < -0.39 is 0 Å². The number of halogens is 1. The fourth-order valence-electron chi connectivity index (χ4n) is 3.08. The number of nitrogens with one attached hydrogen (secondary N) is 1. The van der Waals surface area contributed by atoms with Gasteiger partial charge in [0, 0.05) is 10.7 Å². The van der Waals surface area contributed by atoms with Crippen molar-refractivity contribution in [1.82, 2.24) is 4.98 Å². The molecule has 4 rings (SSSR count). The van der Waals surface area contributed by atoms with Gasteiger partial charge >= 0.3 is 0 Å². The van der Waals surface area contributed by atoms with E-state index in [2.05, 4.69) is 4.98 Å². The topological polar surface area (TPSA) is 32.9 Å². The highest BCUT2D eigenvalue weighted by Gasteiger charge is 2.14. The number of aromatic amines is 1. The number of hydrogen-bond acceptors (Lipinski definition) is 1. The average molecular weight is 358 g/mol. The number of H-pyrrole nitrogens is 1. The maximum atomic E-state index is 13.0. The average Bonchev–Trinajstić information content (AvgIpc) is 2.69.